The molecule has 2 aromatic rings. The molecule has 0 unspecified atom stereocenters. The third-order valence-electron chi connectivity index (χ3n) is 3.98. The number of rotatable bonds is 5. The molecule has 0 aliphatic carbocycles. The summed E-state index contributed by atoms with van der Waals surface area (Å²) < 4.78 is 15.8. The smallest absolute Gasteiger partial charge is 0.331 e. The predicted octanol–water partition coefficient (Wildman–Crippen LogP) is 3.53. The average Bonchev–Trinajstić information content (AvgIpc) is 3.07. The summed E-state index contributed by atoms with van der Waals surface area (Å²) in [7, 11) is 0. The third-order valence-corrected chi connectivity index (χ3v) is 3.98. The van der Waals surface area contributed by atoms with E-state index in [4.69, 9.17) is 19.9 Å². The van der Waals surface area contributed by atoms with Gasteiger partial charge in [0.1, 0.15) is 5.60 Å². The third kappa shape index (κ3) is 5.75. The van der Waals surface area contributed by atoms with E-state index in [9.17, 15) is 9.59 Å². The van der Waals surface area contributed by atoms with Crippen LogP contribution >= 0.6 is 0 Å². The van der Waals surface area contributed by atoms with E-state index in [0.717, 1.165) is 11.1 Å². The van der Waals surface area contributed by atoms with Crippen LogP contribution in [-0.4, -0.2) is 24.3 Å². The summed E-state index contributed by atoms with van der Waals surface area (Å²) >= 11 is 0. The Labute approximate surface area is 169 Å². The van der Waals surface area contributed by atoms with Crippen LogP contribution in [0.15, 0.2) is 42.5 Å². The van der Waals surface area contributed by atoms with Gasteiger partial charge in [0, 0.05) is 18.2 Å². The zero-order chi connectivity index (χ0) is 21.0. The van der Waals surface area contributed by atoms with Gasteiger partial charge in [-0.05, 0) is 38.0 Å². The monoisotopic (exact) mass is 396 g/mol. The molecule has 7 heteroatoms. The Hall–Kier alpha value is -3.48. The van der Waals surface area contributed by atoms with Gasteiger partial charge in [-0.2, -0.15) is 0 Å². The van der Waals surface area contributed by atoms with Gasteiger partial charge in [-0.15, -0.1) is 0 Å². The van der Waals surface area contributed by atoms with Gasteiger partial charge in [0.15, 0.2) is 11.5 Å². The van der Waals surface area contributed by atoms with Crippen molar-refractivity contribution < 1.29 is 23.8 Å². The van der Waals surface area contributed by atoms with Crippen molar-refractivity contribution in [3.8, 4) is 11.5 Å². The number of ether oxygens (including phenoxy) is 3. The Balaban J connectivity index is 1.57. The number of esters is 1. The molecule has 1 heterocycles. The van der Waals surface area contributed by atoms with Crippen LogP contribution in [-0.2, 0) is 20.7 Å². The number of nitrogens with two attached hydrogens (primary N) is 1. The molecule has 29 heavy (non-hydrogen) atoms. The first-order chi connectivity index (χ1) is 13.7. The van der Waals surface area contributed by atoms with E-state index in [1.807, 2.05) is 45.0 Å². The first-order valence-corrected chi connectivity index (χ1v) is 9.18. The molecule has 3 N–H and O–H groups in total. The van der Waals surface area contributed by atoms with Gasteiger partial charge in [-0.1, -0.05) is 24.3 Å². The number of carbonyl (C=O) groups excluding carboxylic acids is 2. The molecule has 0 radical (unpaired) electrons. The van der Waals surface area contributed by atoms with Crippen molar-refractivity contribution in [1.82, 2.24) is 0 Å². The normalized spacial score (nSPS) is 12.8. The van der Waals surface area contributed by atoms with Crippen LogP contribution in [0.2, 0.25) is 0 Å². The summed E-state index contributed by atoms with van der Waals surface area (Å²) in [5.74, 6) is 0.515. The molecule has 2 aromatic carbocycles. The zero-order valence-electron chi connectivity index (χ0n) is 16.7. The lowest BCUT2D eigenvalue weighted by atomic mass is 10.1. The van der Waals surface area contributed by atoms with Crippen molar-refractivity contribution in [2.75, 3.05) is 17.8 Å². The number of amides is 1. The Morgan fingerprint density at radius 2 is 1.79 bits per heavy atom. The van der Waals surface area contributed by atoms with Gasteiger partial charge in [-0.3, -0.25) is 4.79 Å². The van der Waals surface area contributed by atoms with E-state index < -0.39 is 11.6 Å². The van der Waals surface area contributed by atoms with E-state index >= 15 is 0 Å². The topological polar surface area (TPSA) is 99.9 Å². The molecular weight excluding hydrogens is 372 g/mol. The zero-order valence-corrected chi connectivity index (χ0v) is 16.7. The van der Waals surface area contributed by atoms with E-state index in [1.54, 1.807) is 18.2 Å². The summed E-state index contributed by atoms with van der Waals surface area (Å²) in [6, 6.07) is 10.6. The SMILES string of the molecule is CC(C)(C)OC(=O)/C=C/c1ccc(CC(=O)Nc2cc3c(cc2N)OCO3)cc1. The fourth-order valence-electron chi connectivity index (χ4n) is 2.69. The molecule has 1 amide bonds. The number of fused-ring (bicyclic) bond motifs is 1. The van der Waals surface area contributed by atoms with Gasteiger partial charge < -0.3 is 25.3 Å². The second-order valence-electron chi connectivity index (χ2n) is 7.63. The molecule has 0 spiro atoms. The van der Waals surface area contributed by atoms with Gasteiger partial charge in [-0.25, -0.2) is 4.79 Å². The van der Waals surface area contributed by atoms with Crippen molar-refractivity contribution in [3.63, 3.8) is 0 Å². The lowest BCUT2D eigenvalue weighted by Crippen LogP contribution is -2.22. The molecule has 0 aromatic heterocycles. The number of anilines is 2. The molecule has 0 bridgehead atoms. The molecule has 1 aliphatic heterocycles. The number of benzene rings is 2. The lowest BCUT2D eigenvalue weighted by molar-refractivity contribution is -0.148. The molecule has 1 aliphatic rings. The molecule has 0 saturated heterocycles. The number of hydrogen-bond acceptors (Lipinski definition) is 6. The quantitative estimate of drug-likeness (QED) is 0.456. The molecule has 0 atom stereocenters. The Kier molecular flexibility index (Phi) is 5.77. The second-order valence-corrected chi connectivity index (χ2v) is 7.63. The van der Waals surface area contributed by atoms with Crippen LogP contribution in [0.1, 0.15) is 31.9 Å². The minimum absolute atomic E-state index is 0.140. The van der Waals surface area contributed by atoms with Crippen molar-refractivity contribution in [1.29, 1.82) is 0 Å². The minimum atomic E-state index is -0.528. The van der Waals surface area contributed by atoms with Gasteiger partial charge in [0.05, 0.1) is 17.8 Å². The highest BCUT2D eigenvalue weighted by Crippen LogP contribution is 2.38. The van der Waals surface area contributed by atoms with Gasteiger partial charge in [0.25, 0.3) is 0 Å². The summed E-state index contributed by atoms with van der Waals surface area (Å²) in [4.78, 5) is 24.1. The molecule has 0 fully saturated rings. The summed E-state index contributed by atoms with van der Waals surface area (Å²) in [6.45, 7) is 5.59. The summed E-state index contributed by atoms with van der Waals surface area (Å²) in [5, 5.41) is 2.79. The van der Waals surface area contributed by atoms with E-state index in [1.165, 1.54) is 6.08 Å². The number of nitrogens with one attached hydrogen (secondary N) is 1. The second kappa shape index (κ2) is 8.26. The number of nitrogen functional groups attached to an aromatic ring is 1. The number of hydrogen-bond donors (Lipinski definition) is 2. The highest BCUT2D eigenvalue weighted by Gasteiger charge is 2.17. The van der Waals surface area contributed by atoms with Crippen LogP contribution in [0.25, 0.3) is 6.08 Å². The largest absolute Gasteiger partial charge is 0.457 e. The van der Waals surface area contributed by atoms with Gasteiger partial charge >= 0.3 is 5.97 Å². The fraction of sp³-hybridized carbons (Fsp3) is 0.273. The molecule has 3 rings (SSSR count). The van der Waals surface area contributed by atoms with Crippen molar-refractivity contribution in [2.24, 2.45) is 0 Å². The van der Waals surface area contributed by atoms with Crippen LogP contribution < -0.4 is 20.5 Å². The highest BCUT2D eigenvalue weighted by molar-refractivity contribution is 5.96. The predicted molar refractivity (Wildman–Crippen MR) is 111 cm³/mol. The summed E-state index contributed by atoms with van der Waals surface area (Å²) in [5.41, 5.74) is 7.98. The Morgan fingerprint density at radius 3 is 2.45 bits per heavy atom. The molecule has 152 valence electrons. The molecule has 7 nitrogen and oxygen atoms in total. The maximum Gasteiger partial charge on any atom is 0.331 e. The summed E-state index contributed by atoms with van der Waals surface area (Å²) in [6.07, 6.45) is 3.24. The average molecular weight is 396 g/mol. The van der Waals surface area contributed by atoms with Crippen molar-refractivity contribution >= 4 is 29.3 Å². The standard InChI is InChI=1S/C22H24N2O5/c1-22(2,3)29-21(26)9-8-14-4-6-15(7-5-14)10-20(25)24-17-12-19-18(11-16(17)23)27-13-28-19/h4-9,11-12H,10,13,23H2,1-3H3,(H,24,25)/b9-8+. The maximum absolute atomic E-state index is 12.4. The van der Waals surface area contributed by atoms with Crippen molar-refractivity contribution in [2.45, 2.75) is 32.8 Å². The van der Waals surface area contributed by atoms with E-state index in [-0.39, 0.29) is 19.1 Å². The Bertz CT molecular complexity index is 943. The van der Waals surface area contributed by atoms with Crippen LogP contribution in [0.4, 0.5) is 11.4 Å². The van der Waals surface area contributed by atoms with Gasteiger partial charge in [0.2, 0.25) is 12.7 Å². The number of carbonyl (C=O) groups is 2. The van der Waals surface area contributed by atoms with Crippen molar-refractivity contribution in [3.05, 3.63) is 53.6 Å². The maximum atomic E-state index is 12.4. The van der Waals surface area contributed by atoms with E-state index in [0.29, 0.717) is 22.9 Å². The minimum Gasteiger partial charge on any atom is -0.457 e. The van der Waals surface area contributed by atoms with Crippen LogP contribution in [0, 0.1) is 0 Å². The lowest BCUT2D eigenvalue weighted by Gasteiger charge is -2.17. The first-order valence-electron chi connectivity index (χ1n) is 9.18. The van der Waals surface area contributed by atoms with E-state index in [2.05, 4.69) is 5.32 Å². The highest BCUT2D eigenvalue weighted by atomic mass is 16.7. The first kappa shape index (κ1) is 20.3. The van der Waals surface area contributed by atoms with Crippen LogP contribution in [0.3, 0.4) is 0 Å². The Morgan fingerprint density at radius 1 is 1.14 bits per heavy atom. The fourth-order valence-corrected chi connectivity index (χ4v) is 2.69. The van der Waals surface area contributed by atoms with Crippen LogP contribution in [0.5, 0.6) is 11.5 Å². The molecular formula is C22H24N2O5. The molecule has 0 saturated carbocycles.